The molecule has 1 aliphatic rings. The van der Waals surface area contributed by atoms with Gasteiger partial charge in [-0.3, -0.25) is 4.79 Å². The number of carbonyl (C=O) groups is 2. The van der Waals surface area contributed by atoms with Crippen LogP contribution < -0.4 is 5.32 Å². The summed E-state index contributed by atoms with van der Waals surface area (Å²) in [6, 6.07) is 16.6. The lowest BCUT2D eigenvalue weighted by atomic mass is 9.96. The van der Waals surface area contributed by atoms with Gasteiger partial charge in [-0.2, -0.15) is 0 Å². The second kappa shape index (κ2) is 10.3. The fraction of sp³-hybridized carbons (Fsp3) is 0.364. The van der Waals surface area contributed by atoms with E-state index in [2.05, 4.69) is 5.32 Å². The minimum Gasteiger partial charge on any atom is -0.453 e. The molecular weight excluding hydrogens is 390 g/mol. The van der Waals surface area contributed by atoms with Crippen LogP contribution in [0.5, 0.6) is 0 Å². The molecule has 0 radical (unpaired) electrons. The van der Waals surface area contributed by atoms with Crippen LogP contribution >= 0.6 is 0 Å². The number of carbonyl (C=O) groups excluding carboxylic acids is 2. The summed E-state index contributed by atoms with van der Waals surface area (Å²) in [4.78, 5) is 24.4. The summed E-state index contributed by atoms with van der Waals surface area (Å²) in [6.07, 6.45) is -4.66. The van der Waals surface area contributed by atoms with Crippen LogP contribution in [0.2, 0.25) is 0 Å². The Morgan fingerprint density at radius 3 is 2.30 bits per heavy atom. The molecule has 8 heteroatoms. The summed E-state index contributed by atoms with van der Waals surface area (Å²) in [7, 11) is 0. The molecule has 0 saturated carbocycles. The maximum Gasteiger partial charge on any atom is 0.338 e. The molecule has 0 unspecified atom stereocenters. The summed E-state index contributed by atoms with van der Waals surface area (Å²) in [5.41, 5.74) is 1.16. The van der Waals surface area contributed by atoms with Gasteiger partial charge in [0.2, 0.25) is 5.91 Å². The van der Waals surface area contributed by atoms with E-state index in [1.54, 1.807) is 30.3 Å². The first-order valence-corrected chi connectivity index (χ1v) is 9.62. The number of hydrogen-bond donors (Lipinski definition) is 3. The van der Waals surface area contributed by atoms with Gasteiger partial charge >= 0.3 is 5.97 Å². The fourth-order valence-corrected chi connectivity index (χ4v) is 3.26. The molecule has 30 heavy (non-hydrogen) atoms. The summed E-state index contributed by atoms with van der Waals surface area (Å²) >= 11 is 0. The number of benzene rings is 2. The van der Waals surface area contributed by atoms with Crippen molar-refractivity contribution in [2.75, 3.05) is 6.61 Å². The Labute approximate surface area is 174 Å². The molecule has 1 aliphatic heterocycles. The molecular formula is C22H25NO7. The predicted molar refractivity (Wildman–Crippen MR) is 106 cm³/mol. The van der Waals surface area contributed by atoms with Crippen molar-refractivity contribution in [2.45, 2.75) is 44.2 Å². The van der Waals surface area contributed by atoms with Gasteiger partial charge in [-0.25, -0.2) is 4.79 Å². The van der Waals surface area contributed by atoms with E-state index in [0.717, 1.165) is 5.56 Å². The SMILES string of the molecule is CC(=O)N[C@@H]1[C@@H](OCc2ccccc2)O[C@@H](CO)[C@@H](O)[C@@H]1OC(=O)c1ccccc1. The van der Waals surface area contributed by atoms with Crippen LogP contribution in [0.4, 0.5) is 0 Å². The summed E-state index contributed by atoms with van der Waals surface area (Å²) in [6.45, 7) is 0.947. The van der Waals surface area contributed by atoms with E-state index in [0.29, 0.717) is 5.56 Å². The van der Waals surface area contributed by atoms with Crippen LogP contribution in [0.3, 0.4) is 0 Å². The van der Waals surface area contributed by atoms with E-state index in [9.17, 15) is 19.8 Å². The van der Waals surface area contributed by atoms with Gasteiger partial charge < -0.3 is 29.7 Å². The first-order valence-electron chi connectivity index (χ1n) is 9.62. The van der Waals surface area contributed by atoms with Gasteiger partial charge in [0.25, 0.3) is 0 Å². The van der Waals surface area contributed by atoms with Gasteiger partial charge in [0.15, 0.2) is 12.4 Å². The highest BCUT2D eigenvalue weighted by Gasteiger charge is 2.48. The minimum absolute atomic E-state index is 0.162. The molecule has 1 saturated heterocycles. The fourth-order valence-electron chi connectivity index (χ4n) is 3.26. The van der Waals surface area contributed by atoms with E-state index in [1.165, 1.54) is 6.92 Å². The van der Waals surface area contributed by atoms with Crippen molar-refractivity contribution < 1.29 is 34.0 Å². The molecule has 1 amide bonds. The van der Waals surface area contributed by atoms with Gasteiger partial charge in [-0.05, 0) is 17.7 Å². The normalized spacial score (nSPS) is 26.0. The minimum atomic E-state index is -1.36. The first-order chi connectivity index (χ1) is 14.5. The number of esters is 1. The molecule has 0 aliphatic carbocycles. The second-order valence-electron chi connectivity index (χ2n) is 6.97. The summed E-state index contributed by atoms with van der Waals surface area (Å²) in [5.74, 6) is -1.08. The average Bonchev–Trinajstić information content (AvgIpc) is 2.76. The van der Waals surface area contributed by atoms with Gasteiger partial charge in [0.1, 0.15) is 18.2 Å². The number of ether oxygens (including phenoxy) is 3. The molecule has 2 aromatic rings. The van der Waals surface area contributed by atoms with Gasteiger partial charge in [0, 0.05) is 6.92 Å². The zero-order valence-corrected chi connectivity index (χ0v) is 16.5. The monoisotopic (exact) mass is 415 g/mol. The van der Waals surface area contributed by atoms with E-state index in [4.69, 9.17) is 14.2 Å². The number of hydrogen-bond acceptors (Lipinski definition) is 7. The zero-order valence-electron chi connectivity index (χ0n) is 16.5. The number of amides is 1. The van der Waals surface area contributed by atoms with E-state index >= 15 is 0 Å². The molecule has 0 aromatic heterocycles. The molecule has 1 heterocycles. The Morgan fingerprint density at radius 1 is 1.07 bits per heavy atom. The molecule has 2 aromatic carbocycles. The predicted octanol–water partition coefficient (Wildman–Crippen LogP) is 1.01. The quantitative estimate of drug-likeness (QED) is 0.578. The number of aliphatic hydroxyl groups is 2. The Hall–Kier alpha value is -2.78. The Morgan fingerprint density at radius 2 is 1.70 bits per heavy atom. The Balaban J connectivity index is 1.82. The standard InChI is InChI=1S/C22H25NO7/c1-14(25)23-18-20(30-21(27)16-10-6-3-7-11-16)19(26)17(12-24)29-22(18)28-13-15-8-4-2-5-9-15/h2-11,17-20,22,24,26H,12-13H2,1H3,(H,23,25)/t17-,18-,19+,20+,22-/m0/s1. The van der Waals surface area contributed by atoms with Crippen molar-refractivity contribution in [2.24, 2.45) is 0 Å². The van der Waals surface area contributed by atoms with Crippen LogP contribution in [0, 0.1) is 0 Å². The topological polar surface area (TPSA) is 114 Å². The number of nitrogens with one attached hydrogen (secondary N) is 1. The lowest BCUT2D eigenvalue weighted by molar-refractivity contribution is -0.273. The lowest BCUT2D eigenvalue weighted by Gasteiger charge is -2.43. The van der Waals surface area contributed by atoms with Gasteiger partial charge in [-0.1, -0.05) is 48.5 Å². The summed E-state index contributed by atoms with van der Waals surface area (Å²) in [5, 5.41) is 22.9. The van der Waals surface area contributed by atoms with E-state index < -0.39 is 49.1 Å². The van der Waals surface area contributed by atoms with E-state index in [1.807, 2.05) is 30.3 Å². The third-order valence-electron chi connectivity index (χ3n) is 4.73. The van der Waals surface area contributed by atoms with Gasteiger partial charge in [0.05, 0.1) is 18.8 Å². The molecule has 1 fully saturated rings. The Bertz CT molecular complexity index is 830. The molecule has 0 bridgehead atoms. The molecule has 3 N–H and O–H groups in total. The van der Waals surface area contributed by atoms with Crippen molar-refractivity contribution in [1.82, 2.24) is 5.32 Å². The highest BCUT2D eigenvalue weighted by atomic mass is 16.7. The van der Waals surface area contributed by atoms with Crippen molar-refractivity contribution in [1.29, 1.82) is 0 Å². The van der Waals surface area contributed by atoms with Crippen LogP contribution in [-0.4, -0.2) is 59.3 Å². The van der Waals surface area contributed by atoms with Crippen molar-refractivity contribution in [3.05, 3.63) is 71.8 Å². The first kappa shape index (κ1) is 21.9. The van der Waals surface area contributed by atoms with Crippen molar-refractivity contribution in [3.8, 4) is 0 Å². The molecule has 3 rings (SSSR count). The number of rotatable bonds is 7. The molecule has 5 atom stereocenters. The second-order valence-corrected chi connectivity index (χ2v) is 6.97. The molecule has 0 spiro atoms. The third kappa shape index (κ3) is 5.43. The molecule has 8 nitrogen and oxygen atoms in total. The maximum atomic E-state index is 12.6. The van der Waals surface area contributed by atoms with Crippen LogP contribution in [0.25, 0.3) is 0 Å². The van der Waals surface area contributed by atoms with Crippen LogP contribution in [-0.2, 0) is 25.6 Å². The highest BCUT2D eigenvalue weighted by molar-refractivity contribution is 5.89. The summed E-state index contributed by atoms with van der Waals surface area (Å²) < 4.78 is 17.0. The lowest BCUT2D eigenvalue weighted by Crippen LogP contribution is -2.65. The van der Waals surface area contributed by atoms with Crippen LogP contribution in [0.15, 0.2) is 60.7 Å². The molecule has 160 valence electrons. The van der Waals surface area contributed by atoms with Crippen molar-refractivity contribution >= 4 is 11.9 Å². The third-order valence-corrected chi connectivity index (χ3v) is 4.73. The largest absolute Gasteiger partial charge is 0.453 e. The van der Waals surface area contributed by atoms with Crippen LogP contribution in [0.1, 0.15) is 22.8 Å². The maximum absolute atomic E-state index is 12.6. The van der Waals surface area contributed by atoms with Crippen molar-refractivity contribution in [3.63, 3.8) is 0 Å². The number of aliphatic hydroxyl groups excluding tert-OH is 2. The van der Waals surface area contributed by atoms with E-state index in [-0.39, 0.29) is 6.61 Å². The average molecular weight is 415 g/mol. The zero-order chi connectivity index (χ0) is 21.5. The Kier molecular flexibility index (Phi) is 7.53. The highest BCUT2D eigenvalue weighted by Crippen LogP contribution is 2.26. The smallest absolute Gasteiger partial charge is 0.338 e. The van der Waals surface area contributed by atoms with Gasteiger partial charge in [-0.15, -0.1) is 0 Å².